The van der Waals surface area contributed by atoms with Crippen LogP contribution in [0.25, 0.3) is 11.3 Å². The summed E-state index contributed by atoms with van der Waals surface area (Å²) in [5.41, 5.74) is 6.14. The first-order chi connectivity index (χ1) is 8.25. The molecule has 1 aromatic heterocycles. The highest BCUT2D eigenvalue weighted by Crippen LogP contribution is 2.44. The molecule has 5 nitrogen and oxygen atoms in total. The number of ether oxygens (including phenoxy) is 2. The Morgan fingerprint density at radius 3 is 2.82 bits per heavy atom. The van der Waals surface area contributed by atoms with Gasteiger partial charge >= 0.3 is 0 Å². The van der Waals surface area contributed by atoms with Crippen molar-refractivity contribution in [2.24, 2.45) is 0 Å². The fraction of sp³-hybridized carbons (Fsp3) is 0.182. The van der Waals surface area contributed by atoms with E-state index in [1.165, 1.54) is 0 Å². The van der Waals surface area contributed by atoms with Crippen LogP contribution in [0.4, 0.5) is 5.82 Å². The molecule has 3 rings (SSSR count). The molecule has 6 heteroatoms. The highest BCUT2D eigenvalue weighted by molar-refractivity contribution is 6.33. The van der Waals surface area contributed by atoms with Crippen LogP contribution in [0.5, 0.6) is 11.5 Å². The normalized spacial score (nSPS) is 13.7. The SMILES string of the molecule is Nc1cc(-c2c(Cl)ccc3c2OCCO3)on1. The Morgan fingerprint density at radius 2 is 2.06 bits per heavy atom. The number of hydrogen-bond donors (Lipinski definition) is 1. The third kappa shape index (κ3) is 1.68. The van der Waals surface area contributed by atoms with E-state index in [2.05, 4.69) is 5.16 Å². The summed E-state index contributed by atoms with van der Waals surface area (Å²) in [4.78, 5) is 0. The molecule has 1 aliphatic rings. The predicted octanol–water partition coefficient (Wildman–Crippen LogP) is 2.35. The number of rotatable bonds is 1. The number of fused-ring (bicyclic) bond motifs is 1. The van der Waals surface area contributed by atoms with Gasteiger partial charge in [0.05, 0.1) is 10.6 Å². The zero-order valence-corrected chi connectivity index (χ0v) is 9.53. The van der Waals surface area contributed by atoms with E-state index in [1.807, 2.05) is 0 Å². The quantitative estimate of drug-likeness (QED) is 0.844. The molecule has 0 saturated heterocycles. The highest BCUT2D eigenvalue weighted by atomic mass is 35.5. The molecular formula is C11H9ClN2O3. The fourth-order valence-corrected chi connectivity index (χ4v) is 1.97. The molecule has 2 aromatic rings. The van der Waals surface area contributed by atoms with E-state index < -0.39 is 0 Å². The van der Waals surface area contributed by atoms with Gasteiger partial charge < -0.3 is 19.7 Å². The van der Waals surface area contributed by atoms with Crippen LogP contribution in [0.1, 0.15) is 0 Å². The lowest BCUT2D eigenvalue weighted by atomic mass is 10.1. The fourth-order valence-electron chi connectivity index (χ4n) is 1.73. The zero-order chi connectivity index (χ0) is 11.8. The van der Waals surface area contributed by atoms with Crippen molar-refractivity contribution in [3.63, 3.8) is 0 Å². The van der Waals surface area contributed by atoms with Gasteiger partial charge in [-0.1, -0.05) is 16.8 Å². The molecule has 1 aromatic carbocycles. The first kappa shape index (κ1) is 10.3. The number of nitrogens with two attached hydrogens (primary N) is 1. The minimum Gasteiger partial charge on any atom is -0.486 e. The lowest BCUT2D eigenvalue weighted by molar-refractivity contribution is 0.172. The smallest absolute Gasteiger partial charge is 0.174 e. The van der Waals surface area contributed by atoms with Gasteiger partial charge in [-0.05, 0) is 12.1 Å². The van der Waals surface area contributed by atoms with Crippen LogP contribution in [-0.4, -0.2) is 18.4 Å². The molecule has 88 valence electrons. The van der Waals surface area contributed by atoms with Crippen LogP contribution in [0, 0.1) is 0 Å². The van der Waals surface area contributed by atoms with E-state index in [9.17, 15) is 0 Å². The summed E-state index contributed by atoms with van der Waals surface area (Å²) in [6.45, 7) is 0.997. The van der Waals surface area contributed by atoms with Gasteiger partial charge in [0.15, 0.2) is 23.1 Å². The largest absolute Gasteiger partial charge is 0.486 e. The molecule has 0 fully saturated rings. The van der Waals surface area contributed by atoms with Gasteiger partial charge in [-0.15, -0.1) is 0 Å². The van der Waals surface area contributed by atoms with Gasteiger partial charge in [0.2, 0.25) is 0 Å². The third-order valence-electron chi connectivity index (χ3n) is 2.43. The van der Waals surface area contributed by atoms with Crippen molar-refractivity contribution in [2.45, 2.75) is 0 Å². The molecule has 0 bridgehead atoms. The molecule has 0 amide bonds. The maximum Gasteiger partial charge on any atom is 0.174 e. The van der Waals surface area contributed by atoms with Crippen molar-refractivity contribution in [1.29, 1.82) is 0 Å². The molecule has 0 saturated carbocycles. The second-order valence-corrected chi connectivity index (χ2v) is 3.97. The maximum atomic E-state index is 6.14. The number of nitrogens with zero attached hydrogens (tertiary/aromatic N) is 1. The number of anilines is 1. The van der Waals surface area contributed by atoms with Crippen molar-refractivity contribution < 1.29 is 14.0 Å². The first-order valence-corrected chi connectivity index (χ1v) is 5.44. The van der Waals surface area contributed by atoms with E-state index in [4.69, 9.17) is 31.3 Å². The highest BCUT2D eigenvalue weighted by Gasteiger charge is 2.22. The molecule has 0 spiro atoms. The minimum atomic E-state index is 0.297. The minimum absolute atomic E-state index is 0.297. The summed E-state index contributed by atoms with van der Waals surface area (Å²) in [7, 11) is 0. The lowest BCUT2D eigenvalue weighted by Gasteiger charge is -2.20. The Morgan fingerprint density at radius 1 is 1.24 bits per heavy atom. The standard InChI is InChI=1S/C11H9ClN2O3/c12-6-1-2-7-11(16-4-3-15-7)10(6)8-5-9(13)14-17-8/h1-2,5H,3-4H2,(H2,13,14). The Balaban J connectivity index is 2.20. The number of aromatic nitrogens is 1. The number of halogens is 1. The average molecular weight is 253 g/mol. The molecule has 0 radical (unpaired) electrons. The summed E-state index contributed by atoms with van der Waals surface area (Å²) in [5, 5.41) is 4.14. The van der Waals surface area contributed by atoms with E-state index in [-0.39, 0.29) is 0 Å². The van der Waals surface area contributed by atoms with Crippen LogP contribution >= 0.6 is 11.6 Å². The van der Waals surface area contributed by atoms with Gasteiger partial charge in [-0.25, -0.2) is 0 Å². The summed E-state index contributed by atoms with van der Waals surface area (Å²) in [6.07, 6.45) is 0. The molecule has 0 aliphatic carbocycles. The first-order valence-electron chi connectivity index (χ1n) is 5.06. The van der Waals surface area contributed by atoms with E-state index in [1.54, 1.807) is 18.2 Å². The van der Waals surface area contributed by atoms with Crippen molar-refractivity contribution >= 4 is 17.4 Å². The van der Waals surface area contributed by atoms with Crippen molar-refractivity contribution in [3.05, 3.63) is 23.2 Å². The maximum absolute atomic E-state index is 6.14. The van der Waals surface area contributed by atoms with Crippen molar-refractivity contribution in [3.8, 4) is 22.8 Å². The van der Waals surface area contributed by atoms with Gasteiger partial charge in [0.25, 0.3) is 0 Å². The Labute approximate surface area is 102 Å². The van der Waals surface area contributed by atoms with Crippen molar-refractivity contribution in [1.82, 2.24) is 5.16 Å². The van der Waals surface area contributed by atoms with Crippen LogP contribution in [0.15, 0.2) is 22.7 Å². The van der Waals surface area contributed by atoms with Gasteiger partial charge in [0.1, 0.15) is 13.2 Å². The number of nitrogen functional groups attached to an aromatic ring is 1. The van der Waals surface area contributed by atoms with E-state index in [0.717, 1.165) is 0 Å². The lowest BCUT2D eigenvalue weighted by Crippen LogP contribution is -2.15. The Kier molecular flexibility index (Phi) is 2.33. The summed E-state index contributed by atoms with van der Waals surface area (Å²) < 4.78 is 16.1. The predicted molar refractivity (Wildman–Crippen MR) is 62.4 cm³/mol. The summed E-state index contributed by atoms with van der Waals surface area (Å²) in [5.74, 6) is 1.98. The number of benzene rings is 1. The van der Waals surface area contributed by atoms with E-state index >= 15 is 0 Å². The summed E-state index contributed by atoms with van der Waals surface area (Å²) in [6, 6.07) is 5.09. The second-order valence-electron chi connectivity index (χ2n) is 3.56. The summed E-state index contributed by atoms with van der Waals surface area (Å²) >= 11 is 6.14. The van der Waals surface area contributed by atoms with Crippen LogP contribution in [0.2, 0.25) is 5.02 Å². The molecular weight excluding hydrogens is 244 g/mol. The molecule has 0 atom stereocenters. The molecule has 2 N–H and O–H groups in total. The van der Waals surface area contributed by atoms with Crippen LogP contribution in [-0.2, 0) is 0 Å². The Hall–Kier alpha value is -1.88. The van der Waals surface area contributed by atoms with Gasteiger partial charge in [-0.2, -0.15) is 0 Å². The van der Waals surface area contributed by atoms with Gasteiger partial charge in [-0.3, -0.25) is 0 Å². The van der Waals surface area contributed by atoms with Crippen molar-refractivity contribution in [2.75, 3.05) is 18.9 Å². The molecule has 0 unspecified atom stereocenters. The van der Waals surface area contributed by atoms with Crippen LogP contribution < -0.4 is 15.2 Å². The number of hydrogen-bond acceptors (Lipinski definition) is 5. The second kappa shape index (κ2) is 3.85. The molecule has 17 heavy (non-hydrogen) atoms. The Bertz CT molecular complexity index is 568. The third-order valence-corrected chi connectivity index (χ3v) is 2.75. The topological polar surface area (TPSA) is 70.5 Å². The molecule has 2 heterocycles. The van der Waals surface area contributed by atoms with Crippen LogP contribution in [0.3, 0.4) is 0 Å². The van der Waals surface area contributed by atoms with Gasteiger partial charge in [0, 0.05) is 6.07 Å². The zero-order valence-electron chi connectivity index (χ0n) is 8.77. The monoisotopic (exact) mass is 252 g/mol. The van der Waals surface area contributed by atoms with E-state index in [0.29, 0.717) is 46.9 Å². The average Bonchev–Trinajstić information content (AvgIpc) is 2.75. The molecule has 1 aliphatic heterocycles.